The van der Waals surface area contributed by atoms with Crippen molar-refractivity contribution in [1.82, 2.24) is 0 Å². The Bertz CT molecular complexity index is 519. The van der Waals surface area contributed by atoms with Crippen LogP contribution in [0.3, 0.4) is 0 Å². The number of aryl methyl sites for hydroxylation is 1. The predicted molar refractivity (Wildman–Crippen MR) is 77.6 cm³/mol. The van der Waals surface area contributed by atoms with E-state index in [9.17, 15) is 4.39 Å². The minimum Gasteiger partial charge on any atom is -0.327 e. The standard InChI is InChI=1S/C17H20FN/c1-2-13-7-9-14(10-8-13)11-16(19)12-15-5-3-4-6-17(15)18/h3-10,16H,2,11-12,19H2,1H3. The fourth-order valence-corrected chi connectivity index (χ4v) is 2.23. The number of halogens is 1. The molecule has 0 fully saturated rings. The fraction of sp³-hybridized carbons (Fsp3) is 0.294. The Labute approximate surface area is 114 Å². The molecule has 0 saturated heterocycles. The molecule has 1 nitrogen and oxygen atoms in total. The van der Waals surface area contributed by atoms with Gasteiger partial charge in [-0.25, -0.2) is 4.39 Å². The molecule has 2 N–H and O–H groups in total. The van der Waals surface area contributed by atoms with Gasteiger partial charge in [0.15, 0.2) is 0 Å². The van der Waals surface area contributed by atoms with Crippen LogP contribution in [0.15, 0.2) is 48.5 Å². The molecule has 2 aromatic carbocycles. The molecule has 2 heteroatoms. The maximum Gasteiger partial charge on any atom is 0.126 e. The number of rotatable bonds is 5. The third-order valence-electron chi connectivity index (χ3n) is 3.37. The molecule has 0 heterocycles. The van der Waals surface area contributed by atoms with E-state index in [4.69, 9.17) is 5.73 Å². The minimum atomic E-state index is -0.167. The van der Waals surface area contributed by atoms with Gasteiger partial charge in [-0.2, -0.15) is 0 Å². The predicted octanol–water partition coefficient (Wildman–Crippen LogP) is 3.50. The average molecular weight is 257 g/mol. The highest BCUT2D eigenvalue weighted by Gasteiger charge is 2.08. The van der Waals surface area contributed by atoms with Crippen LogP contribution in [0.4, 0.5) is 4.39 Å². The van der Waals surface area contributed by atoms with Crippen molar-refractivity contribution >= 4 is 0 Å². The summed E-state index contributed by atoms with van der Waals surface area (Å²) < 4.78 is 13.5. The van der Waals surface area contributed by atoms with E-state index in [1.54, 1.807) is 12.1 Å². The van der Waals surface area contributed by atoms with Crippen LogP contribution < -0.4 is 5.73 Å². The first-order chi connectivity index (χ1) is 9.19. The lowest BCUT2D eigenvalue weighted by Gasteiger charge is -2.12. The fourth-order valence-electron chi connectivity index (χ4n) is 2.23. The highest BCUT2D eigenvalue weighted by atomic mass is 19.1. The third-order valence-corrected chi connectivity index (χ3v) is 3.37. The topological polar surface area (TPSA) is 26.0 Å². The lowest BCUT2D eigenvalue weighted by molar-refractivity contribution is 0.584. The van der Waals surface area contributed by atoms with Gasteiger partial charge in [0.25, 0.3) is 0 Å². The van der Waals surface area contributed by atoms with Crippen molar-refractivity contribution in [3.63, 3.8) is 0 Å². The second-order valence-corrected chi connectivity index (χ2v) is 4.93. The summed E-state index contributed by atoms with van der Waals surface area (Å²) in [5, 5.41) is 0. The molecule has 0 radical (unpaired) electrons. The van der Waals surface area contributed by atoms with Crippen molar-refractivity contribution in [1.29, 1.82) is 0 Å². The van der Waals surface area contributed by atoms with Crippen LogP contribution in [0.2, 0.25) is 0 Å². The van der Waals surface area contributed by atoms with Crippen LogP contribution in [0.1, 0.15) is 23.6 Å². The first-order valence-electron chi connectivity index (χ1n) is 6.76. The summed E-state index contributed by atoms with van der Waals surface area (Å²) >= 11 is 0. The zero-order valence-corrected chi connectivity index (χ0v) is 11.3. The Kier molecular flexibility index (Phi) is 4.69. The van der Waals surface area contributed by atoms with E-state index in [2.05, 4.69) is 31.2 Å². The molecule has 2 aromatic rings. The van der Waals surface area contributed by atoms with Crippen LogP contribution >= 0.6 is 0 Å². The van der Waals surface area contributed by atoms with Gasteiger partial charge in [-0.15, -0.1) is 0 Å². The zero-order chi connectivity index (χ0) is 13.7. The third kappa shape index (κ3) is 3.90. The van der Waals surface area contributed by atoms with Gasteiger partial charge in [0.1, 0.15) is 5.82 Å². The summed E-state index contributed by atoms with van der Waals surface area (Å²) in [7, 11) is 0. The van der Waals surface area contributed by atoms with E-state index < -0.39 is 0 Å². The molecule has 0 saturated carbocycles. The van der Waals surface area contributed by atoms with E-state index in [-0.39, 0.29) is 11.9 Å². The molecule has 0 aliphatic rings. The lowest BCUT2D eigenvalue weighted by atomic mass is 9.98. The summed E-state index contributed by atoms with van der Waals surface area (Å²) in [5.74, 6) is -0.167. The number of hydrogen-bond donors (Lipinski definition) is 1. The van der Waals surface area contributed by atoms with Gasteiger partial charge in [-0.1, -0.05) is 49.4 Å². The summed E-state index contributed by atoms with van der Waals surface area (Å²) in [5.41, 5.74) is 9.34. The van der Waals surface area contributed by atoms with Crippen molar-refractivity contribution in [2.24, 2.45) is 5.73 Å². The molecule has 100 valence electrons. The van der Waals surface area contributed by atoms with Gasteiger partial charge in [-0.3, -0.25) is 0 Å². The van der Waals surface area contributed by atoms with Gasteiger partial charge >= 0.3 is 0 Å². The monoisotopic (exact) mass is 257 g/mol. The van der Waals surface area contributed by atoms with E-state index in [0.29, 0.717) is 12.0 Å². The van der Waals surface area contributed by atoms with Crippen molar-refractivity contribution < 1.29 is 4.39 Å². The minimum absolute atomic E-state index is 0.0515. The van der Waals surface area contributed by atoms with Crippen LogP contribution in [-0.2, 0) is 19.3 Å². The molecule has 1 atom stereocenters. The molecule has 0 aromatic heterocycles. The second kappa shape index (κ2) is 6.48. The number of benzene rings is 2. The first kappa shape index (κ1) is 13.8. The van der Waals surface area contributed by atoms with Crippen LogP contribution in [0.5, 0.6) is 0 Å². The molecule has 0 aliphatic carbocycles. The van der Waals surface area contributed by atoms with Crippen molar-refractivity contribution in [3.8, 4) is 0 Å². The molecular formula is C17H20FN. The van der Waals surface area contributed by atoms with Gasteiger partial charge < -0.3 is 5.73 Å². The van der Waals surface area contributed by atoms with Crippen LogP contribution in [0, 0.1) is 5.82 Å². The van der Waals surface area contributed by atoms with Gasteiger partial charge in [0.2, 0.25) is 0 Å². The van der Waals surface area contributed by atoms with E-state index in [1.165, 1.54) is 17.2 Å². The molecule has 0 amide bonds. The highest BCUT2D eigenvalue weighted by Crippen LogP contribution is 2.12. The smallest absolute Gasteiger partial charge is 0.126 e. The number of nitrogens with two attached hydrogens (primary N) is 1. The van der Waals surface area contributed by atoms with E-state index in [1.807, 2.05) is 6.07 Å². The Morgan fingerprint density at radius 2 is 1.58 bits per heavy atom. The quantitative estimate of drug-likeness (QED) is 0.871. The van der Waals surface area contributed by atoms with Gasteiger partial charge in [0, 0.05) is 6.04 Å². The molecule has 1 unspecified atom stereocenters. The normalized spacial score (nSPS) is 12.4. The van der Waals surface area contributed by atoms with Crippen molar-refractivity contribution in [2.75, 3.05) is 0 Å². The van der Waals surface area contributed by atoms with E-state index in [0.717, 1.165) is 12.8 Å². The zero-order valence-electron chi connectivity index (χ0n) is 11.3. The average Bonchev–Trinajstić information content (AvgIpc) is 2.42. The van der Waals surface area contributed by atoms with Gasteiger partial charge in [-0.05, 0) is 42.0 Å². The Morgan fingerprint density at radius 3 is 2.21 bits per heavy atom. The Morgan fingerprint density at radius 1 is 0.947 bits per heavy atom. The van der Waals surface area contributed by atoms with E-state index >= 15 is 0 Å². The molecule has 0 spiro atoms. The first-order valence-corrected chi connectivity index (χ1v) is 6.76. The van der Waals surface area contributed by atoms with Crippen LogP contribution in [-0.4, -0.2) is 6.04 Å². The lowest BCUT2D eigenvalue weighted by Crippen LogP contribution is -2.26. The van der Waals surface area contributed by atoms with Crippen molar-refractivity contribution in [2.45, 2.75) is 32.2 Å². The molecule has 0 aliphatic heterocycles. The Balaban J connectivity index is 1.97. The molecular weight excluding hydrogens is 237 g/mol. The SMILES string of the molecule is CCc1ccc(CC(N)Cc2ccccc2F)cc1. The molecule has 19 heavy (non-hydrogen) atoms. The number of hydrogen-bond acceptors (Lipinski definition) is 1. The van der Waals surface area contributed by atoms with Gasteiger partial charge in [0.05, 0.1) is 0 Å². The second-order valence-electron chi connectivity index (χ2n) is 4.93. The molecule has 0 bridgehead atoms. The maximum atomic E-state index is 13.5. The summed E-state index contributed by atoms with van der Waals surface area (Å²) in [6, 6.07) is 15.3. The highest BCUT2D eigenvalue weighted by molar-refractivity contribution is 5.24. The van der Waals surface area contributed by atoms with Crippen molar-refractivity contribution in [3.05, 3.63) is 71.0 Å². The maximum absolute atomic E-state index is 13.5. The molecule has 2 rings (SSSR count). The van der Waals surface area contributed by atoms with Crippen LogP contribution in [0.25, 0.3) is 0 Å². The largest absolute Gasteiger partial charge is 0.327 e. The summed E-state index contributed by atoms with van der Waals surface area (Å²) in [4.78, 5) is 0. The Hall–Kier alpha value is -1.67. The summed E-state index contributed by atoms with van der Waals surface area (Å²) in [6.07, 6.45) is 2.39. The summed E-state index contributed by atoms with van der Waals surface area (Å²) in [6.45, 7) is 2.14.